The van der Waals surface area contributed by atoms with Crippen molar-refractivity contribution in [1.29, 1.82) is 5.26 Å². The summed E-state index contributed by atoms with van der Waals surface area (Å²) in [6, 6.07) is 21.3. The molecule has 0 fully saturated rings. The Morgan fingerprint density at radius 3 is 2.65 bits per heavy atom. The van der Waals surface area contributed by atoms with Gasteiger partial charge in [-0.05, 0) is 82.6 Å². The molecule has 31 heavy (non-hydrogen) atoms. The van der Waals surface area contributed by atoms with Crippen molar-refractivity contribution in [3.63, 3.8) is 0 Å². The Morgan fingerprint density at radius 1 is 1.19 bits per heavy atom. The Morgan fingerprint density at radius 2 is 1.97 bits per heavy atom. The van der Waals surface area contributed by atoms with Crippen LogP contribution in [0, 0.1) is 21.8 Å². The minimum Gasteiger partial charge on any atom is -0.496 e. The monoisotopic (exact) mass is 586 g/mol. The van der Waals surface area contributed by atoms with Crippen LogP contribution in [0.15, 0.2) is 70.7 Å². The summed E-state index contributed by atoms with van der Waals surface area (Å²) in [7, 11) is 1.62. The summed E-state index contributed by atoms with van der Waals surface area (Å²) in [6.45, 7) is 1.94. The molecule has 1 amide bonds. The van der Waals surface area contributed by atoms with Gasteiger partial charge in [-0.25, -0.2) is 0 Å². The number of methoxy groups -OCH3 is 1. The maximum Gasteiger partial charge on any atom is 0.266 e. The zero-order chi connectivity index (χ0) is 22.4. The van der Waals surface area contributed by atoms with E-state index in [1.54, 1.807) is 19.3 Å². The first kappa shape index (κ1) is 23.0. The number of amides is 1. The zero-order valence-electron chi connectivity index (χ0n) is 17.1. The van der Waals surface area contributed by atoms with Gasteiger partial charge >= 0.3 is 0 Å². The number of carbonyl (C=O) groups is 1. The fraction of sp³-hybridized carbons (Fsp3) is 0.120. The highest BCUT2D eigenvalue weighted by atomic mass is 127. The molecule has 0 atom stereocenters. The Balaban J connectivity index is 1.90. The van der Waals surface area contributed by atoms with Gasteiger partial charge in [-0.1, -0.05) is 46.3 Å². The largest absolute Gasteiger partial charge is 0.496 e. The molecule has 0 aliphatic heterocycles. The topological polar surface area (TPSA) is 62.1 Å². The van der Waals surface area contributed by atoms with Gasteiger partial charge in [-0.3, -0.25) is 4.79 Å². The van der Waals surface area contributed by atoms with Crippen LogP contribution in [-0.4, -0.2) is 13.0 Å². The number of nitrogens with zero attached hydrogens (tertiary/aromatic N) is 1. The number of halogens is 2. The van der Waals surface area contributed by atoms with Crippen LogP contribution >= 0.6 is 38.5 Å². The lowest BCUT2D eigenvalue weighted by Gasteiger charge is -2.13. The van der Waals surface area contributed by atoms with Crippen LogP contribution in [0.1, 0.15) is 22.3 Å². The van der Waals surface area contributed by atoms with E-state index in [1.807, 2.05) is 61.5 Å². The van der Waals surface area contributed by atoms with Crippen molar-refractivity contribution in [2.75, 3.05) is 12.4 Å². The molecule has 3 aromatic rings. The second-order valence-corrected chi connectivity index (χ2v) is 8.96. The Bertz CT molecular complexity index is 1200. The lowest BCUT2D eigenvalue weighted by atomic mass is 10.0. The number of aryl methyl sites for hydroxylation is 1. The summed E-state index contributed by atoms with van der Waals surface area (Å²) in [5.74, 6) is 0.268. The Hall–Kier alpha value is -2.63. The number of rotatable bonds is 6. The van der Waals surface area contributed by atoms with Gasteiger partial charge in [0, 0.05) is 25.7 Å². The van der Waals surface area contributed by atoms with E-state index in [0.717, 1.165) is 30.3 Å². The van der Waals surface area contributed by atoms with Crippen molar-refractivity contribution in [2.24, 2.45) is 0 Å². The van der Waals surface area contributed by atoms with Crippen LogP contribution in [0.25, 0.3) is 6.08 Å². The van der Waals surface area contributed by atoms with E-state index in [9.17, 15) is 10.1 Å². The number of anilines is 1. The lowest BCUT2D eigenvalue weighted by Crippen LogP contribution is -2.13. The van der Waals surface area contributed by atoms with Gasteiger partial charge in [0.2, 0.25) is 0 Å². The fourth-order valence-electron chi connectivity index (χ4n) is 3.14. The number of nitrogens with one attached hydrogen (secondary N) is 1. The minimum atomic E-state index is -0.445. The molecule has 0 heterocycles. The summed E-state index contributed by atoms with van der Waals surface area (Å²) in [6.07, 6.45) is 2.28. The lowest BCUT2D eigenvalue weighted by molar-refractivity contribution is -0.112. The van der Waals surface area contributed by atoms with Crippen molar-refractivity contribution in [3.8, 4) is 11.8 Å². The molecule has 0 bridgehead atoms. The standard InChI is InChI=1S/C25H20BrIN2O2/c1-16-6-5-8-20(10-16)29-25(30)19(15-28)11-17-12-23(27)21(24(13-17)31-2)14-18-7-3-4-9-22(18)26/h3-13H,14H2,1-2H3,(H,29,30)/b19-11+. The number of benzene rings is 3. The molecule has 156 valence electrons. The van der Waals surface area contributed by atoms with E-state index in [2.05, 4.69) is 49.9 Å². The molecule has 4 nitrogen and oxygen atoms in total. The molecule has 6 heteroatoms. The molecule has 0 saturated heterocycles. The molecular weight excluding hydrogens is 567 g/mol. The molecule has 0 unspecified atom stereocenters. The van der Waals surface area contributed by atoms with Crippen molar-refractivity contribution >= 4 is 56.2 Å². The summed E-state index contributed by atoms with van der Waals surface area (Å²) >= 11 is 5.86. The van der Waals surface area contributed by atoms with Crippen LogP contribution in [-0.2, 0) is 11.2 Å². The average Bonchev–Trinajstić information content (AvgIpc) is 2.74. The highest BCUT2D eigenvalue weighted by Gasteiger charge is 2.14. The highest BCUT2D eigenvalue weighted by Crippen LogP contribution is 2.31. The SMILES string of the molecule is COc1cc(/C=C(\C#N)C(=O)Nc2cccc(C)c2)cc(I)c1Cc1ccccc1Br. The van der Waals surface area contributed by atoms with Gasteiger partial charge in [0.1, 0.15) is 17.4 Å². The van der Waals surface area contributed by atoms with Crippen LogP contribution in [0.4, 0.5) is 5.69 Å². The highest BCUT2D eigenvalue weighted by molar-refractivity contribution is 14.1. The molecule has 0 radical (unpaired) electrons. The van der Waals surface area contributed by atoms with Crippen molar-refractivity contribution in [2.45, 2.75) is 13.3 Å². The molecular formula is C25H20BrIN2O2. The predicted octanol–water partition coefficient (Wildman–Crippen LogP) is 6.51. The molecule has 0 aromatic heterocycles. The van der Waals surface area contributed by atoms with Crippen molar-refractivity contribution in [1.82, 2.24) is 0 Å². The van der Waals surface area contributed by atoms with Crippen LogP contribution < -0.4 is 10.1 Å². The molecule has 1 N–H and O–H groups in total. The first-order valence-corrected chi connectivity index (χ1v) is 11.4. The average molecular weight is 587 g/mol. The third-order valence-electron chi connectivity index (χ3n) is 4.67. The number of hydrogen-bond acceptors (Lipinski definition) is 3. The summed E-state index contributed by atoms with van der Waals surface area (Å²) < 4.78 is 7.66. The van der Waals surface area contributed by atoms with Gasteiger partial charge in [-0.15, -0.1) is 0 Å². The predicted molar refractivity (Wildman–Crippen MR) is 136 cm³/mol. The van der Waals surface area contributed by atoms with Gasteiger partial charge in [0.15, 0.2) is 0 Å². The number of nitriles is 1. The fourth-order valence-corrected chi connectivity index (χ4v) is 4.38. The third kappa shape index (κ3) is 5.96. The zero-order valence-corrected chi connectivity index (χ0v) is 20.8. The summed E-state index contributed by atoms with van der Waals surface area (Å²) in [4.78, 5) is 12.6. The van der Waals surface area contributed by atoms with Gasteiger partial charge < -0.3 is 10.1 Å². The summed E-state index contributed by atoms with van der Waals surface area (Å²) in [5, 5.41) is 12.3. The van der Waals surface area contributed by atoms with Crippen molar-refractivity contribution in [3.05, 3.63) is 96.5 Å². The van der Waals surface area contributed by atoms with E-state index < -0.39 is 5.91 Å². The smallest absolute Gasteiger partial charge is 0.266 e. The molecule has 0 spiro atoms. The third-order valence-corrected chi connectivity index (χ3v) is 6.41. The van der Waals surface area contributed by atoms with Crippen LogP contribution in [0.2, 0.25) is 0 Å². The summed E-state index contributed by atoms with van der Waals surface area (Å²) in [5.41, 5.74) is 4.64. The molecule has 0 aliphatic carbocycles. The maximum atomic E-state index is 12.6. The Kier molecular flexibility index (Phi) is 7.88. The number of hydrogen-bond donors (Lipinski definition) is 1. The molecule has 0 saturated carbocycles. The van der Waals surface area contributed by atoms with E-state index in [0.29, 0.717) is 17.9 Å². The van der Waals surface area contributed by atoms with Crippen LogP contribution in [0.5, 0.6) is 5.75 Å². The number of carbonyl (C=O) groups excluding carboxylic acids is 1. The number of ether oxygens (including phenoxy) is 1. The first-order valence-electron chi connectivity index (χ1n) is 9.51. The Labute approximate surface area is 204 Å². The van der Waals surface area contributed by atoms with E-state index in [1.165, 1.54) is 0 Å². The van der Waals surface area contributed by atoms with Gasteiger partial charge in [-0.2, -0.15) is 5.26 Å². The maximum absolute atomic E-state index is 12.6. The van der Waals surface area contributed by atoms with Crippen molar-refractivity contribution < 1.29 is 9.53 Å². The second kappa shape index (κ2) is 10.6. The van der Waals surface area contributed by atoms with Gasteiger partial charge in [0.25, 0.3) is 5.91 Å². The normalized spacial score (nSPS) is 11.0. The molecule has 3 aromatic carbocycles. The molecule has 0 aliphatic rings. The van der Waals surface area contributed by atoms with E-state index in [4.69, 9.17) is 4.74 Å². The quantitative estimate of drug-likeness (QED) is 0.203. The van der Waals surface area contributed by atoms with E-state index in [-0.39, 0.29) is 5.57 Å². The minimum absolute atomic E-state index is 0.0258. The van der Waals surface area contributed by atoms with E-state index >= 15 is 0 Å². The second-order valence-electron chi connectivity index (χ2n) is 6.95. The molecule has 3 rings (SSSR count). The first-order chi connectivity index (χ1) is 14.9. The van der Waals surface area contributed by atoms with Gasteiger partial charge in [0.05, 0.1) is 7.11 Å². The van der Waals surface area contributed by atoms with Crippen LogP contribution in [0.3, 0.4) is 0 Å².